The molecule has 3 unspecified atom stereocenters. The third-order valence-electron chi connectivity index (χ3n) is 4.96. The molecule has 1 amide bonds. The van der Waals surface area contributed by atoms with Crippen LogP contribution in [0.4, 0.5) is 0 Å². The molecular formula is C16H30N2O. The van der Waals surface area contributed by atoms with Crippen LogP contribution < -0.4 is 5.32 Å². The van der Waals surface area contributed by atoms with Crippen LogP contribution in [-0.4, -0.2) is 36.0 Å². The summed E-state index contributed by atoms with van der Waals surface area (Å²) in [6.07, 6.45) is 7.33. The number of hydrogen-bond donors (Lipinski definition) is 1. The smallest absolute Gasteiger partial charge is 0.239 e. The van der Waals surface area contributed by atoms with Crippen LogP contribution in [0.15, 0.2) is 0 Å². The van der Waals surface area contributed by atoms with E-state index in [9.17, 15) is 4.79 Å². The van der Waals surface area contributed by atoms with Crippen LogP contribution in [0, 0.1) is 11.8 Å². The molecule has 0 aromatic heterocycles. The second kappa shape index (κ2) is 6.74. The van der Waals surface area contributed by atoms with Gasteiger partial charge in [-0.05, 0) is 44.1 Å². The van der Waals surface area contributed by atoms with Crippen molar-refractivity contribution in [2.24, 2.45) is 11.8 Å². The van der Waals surface area contributed by atoms with Crippen LogP contribution in [0.5, 0.6) is 0 Å². The molecule has 3 nitrogen and oxygen atoms in total. The van der Waals surface area contributed by atoms with E-state index >= 15 is 0 Å². The Kier molecular flexibility index (Phi) is 5.26. The lowest BCUT2D eigenvalue weighted by Crippen LogP contribution is -2.56. The minimum atomic E-state index is 0.0773. The van der Waals surface area contributed by atoms with Crippen molar-refractivity contribution in [3.05, 3.63) is 0 Å². The summed E-state index contributed by atoms with van der Waals surface area (Å²) in [6.45, 7) is 8.60. The molecule has 1 aliphatic carbocycles. The number of amides is 1. The zero-order valence-electron chi connectivity index (χ0n) is 12.8. The highest BCUT2D eigenvalue weighted by molar-refractivity contribution is 5.83. The third kappa shape index (κ3) is 3.31. The van der Waals surface area contributed by atoms with Crippen molar-refractivity contribution < 1.29 is 4.79 Å². The van der Waals surface area contributed by atoms with Gasteiger partial charge in [0.25, 0.3) is 0 Å². The fourth-order valence-corrected chi connectivity index (χ4v) is 3.97. The molecule has 3 atom stereocenters. The summed E-state index contributed by atoms with van der Waals surface area (Å²) < 4.78 is 0. The molecule has 1 aliphatic heterocycles. The number of nitrogens with one attached hydrogen (secondary N) is 1. The lowest BCUT2D eigenvalue weighted by molar-refractivity contribution is -0.141. The Morgan fingerprint density at radius 2 is 1.95 bits per heavy atom. The first-order chi connectivity index (χ1) is 9.15. The highest BCUT2D eigenvalue weighted by Crippen LogP contribution is 2.35. The molecule has 2 fully saturated rings. The molecule has 1 saturated heterocycles. The summed E-state index contributed by atoms with van der Waals surface area (Å²) in [5.41, 5.74) is 0. The second-order valence-electron chi connectivity index (χ2n) is 6.54. The highest BCUT2D eigenvalue weighted by Gasteiger charge is 2.38. The standard InChI is InChI=1S/C16H30N2O/c1-4-17-14-9-7-11-18(16(14)19)15-10-6-5-8-13(15)12(2)3/h12-15,17H,4-11H2,1-3H3. The zero-order chi connectivity index (χ0) is 13.8. The van der Waals surface area contributed by atoms with Gasteiger partial charge in [0.1, 0.15) is 0 Å². The summed E-state index contributed by atoms with van der Waals surface area (Å²) in [5, 5.41) is 3.36. The third-order valence-corrected chi connectivity index (χ3v) is 4.96. The number of carbonyl (C=O) groups excluding carboxylic acids is 1. The first kappa shape index (κ1) is 14.8. The number of hydrogen-bond acceptors (Lipinski definition) is 2. The van der Waals surface area contributed by atoms with Crippen molar-refractivity contribution in [3.8, 4) is 0 Å². The number of likely N-dealkylation sites (N-methyl/N-ethyl adjacent to an activating group) is 1. The van der Waals surface area contributed by atoms with Gasteiger partial charge in [0.05, 0.1) is 6.04 Å². The number of piperidine rings is 1. The molecule has 3 heteroatoms. The van der Waals surface area contributed by atoms with Crippen molar-refractivity contribution >= 4 is 5.91 Å². The van der Waals surface area contributed by atoms with E-state index in [-0.39, 0.29) is 6.04 Å². The van der Waals surface area contributed by atoms with Gasteiger partial charge in [0.2, 0.25) is 5.91 Å². The van der Waals surface area contributed by atoms with Crippen molar-refractivity contribution in [3.63, 3.8) is 0 Å². The predicted molar refractivity (Wildman–Crippen MR) is 79.0 cm³/mol. The molecular weight excluding hydrogens is 236 g/mol. The Morgan fingerprint density at radius 3 is 2.63 bits per heavy atom. The maximum Gasteiger partial charge on any atom is 0.239 e. The SMILES string of the molecule is CCNC1CCCN(C2CCCCC2C(C)C)C1=O. The number of nitrogens with zero attached hydrogens (tertiary/aromatic N) is 1. The molecule has 19 heavy (non-hydrogen) atoms. The predicted octanol–water partition coefficient (Wildman–Crippen LogP) is 2.80. The number of rotatable bonds is 4. The molecule has 1 heterocycles. The van der Waals surface area contributed by atoms with Crippen LogP contribution in [0.25, 0.3) is 0 Å². The van der Waals surface area contributed by atoms with E-state index in [1.165, 1.54) is 25.7 Å². The maximum absolute atomic E-state index is 12.6. The summed E-state index contributed by atoms with van der Waals surface area (Å²) in [6, 6.07) is 0.580. The van der Waals surface area contributed by atoms with E-state index in [0.717, 1.165) is 25.9 Å². The number of carbonyl (C=O) groups is 1. The van der Waals surface area contributed by atoms with Gasteiger partial charge in [0, 0.05) is 12.6 Å². The van der Waals surface area contributed by atoms with Crippen LogP contribution in [-0.2, 0) is 4.79 Å². The van der Waals surface area contributed by atoms with Crippen molar-refractivity contribution in [1.82, 2.24) is 10.2 Å². The van der Waals surface area contributed by atoms with Gasteiger partial charge >= 0.3 is 0 Å². The van der Waals surface area contributed by atoms with Crippen LogP contribution >= 0.6 is 0 Å². The van der Waals surface area contributed by atoms with Gasteiger partial charge in [-0.3, -0.25) is 4.79 Å². The van der Waals surface area contributed by atoms with E-state index in [4.69, 9.17) is 0 Å². The van der Waals surface area contributed by atoms with E-state index in [0.29, 0.717) is 23.8 Å². The first-order valence-corrected chi connectivity index (χ1v) is 8.19. The molecule has 1 saturated carbocycles. The molecule has 0 radical (unpaired) electrons. The van der Waals surface area contributed by atoms with Crippen molar-refractivity contribution in [2.45, 2.75) is 71.4 Å². The van der Waals surface area contributed by atoms with Gasteiger partial charge in [-0.15, -0.1) is 0 Å². The lowest BCUT2D eigenvalue weighted by Gasteiger charge is -2.45. The van der Waals surface area contributed by atoms with Crippen molar-refractivity contribution in [2.75, 3.05) is 13.1 Å². The Morgan fingerprint density at radius 1 is 1.21 bits per heavy atom. The summed E-state index contributed by atoms with van der Waals surface area (Å²) in [7, 11) is 0. The van der Waals surface area contributed by atoms with Crippen molar-refractivity contribution in [1.29, 1.82) is 0 Å². The molecule has 0 aromatic carbocycles. The van der Waals surface area contributed by atoms with Crippen LogP contribution in [0.3, 0.4) is 0 Å². The Bertz CT molecular complexity index is 301. The number of likely N-dealkylation sites (tertiary alicyclic amines) is 1. The largest absolute Gasteiger partial charge is 0.338 e. The molecule has 0 aromatic rings. The molecule has 2 rings (SSSR count). The normalized spacial score (nSPS) is 32.9. The van der Waals surface area contributed by atoms with Crippen LogP contribution in [0.1, 0.15) is 59.3 Å². The Labute approximate surface area is 118 Å². The fraction of sp³-hybridized carbons (Fsp3) is 0.938. The van der Waals surface area contributed by atoms with Gasteiger partial charge in [-0.1, -0.05) is 33.6 Å². The topological polar surface area (TPSA) is 32.3 Å². The fourth-order valence-electron chi connectivity index (χ4n) is 3.97. The zero-order valence-corrected chi connectivity index (χ0v) is 12.8. The van der Waals surface area contributed by atoms with Gasteiger partial charge < -0.3 is 10.2 Å². The summed E-state index contributed by atoms with van der Waals surface area (Å²) >= 11 is 0. The minimum absolute atomic E-state index is 0.0773. The van der Waals surface area contributed by atoms with E-state index < -0.39 is 0 Å². The van der Waals surface area contributed by atoms with Gasteiger partial charge in [-0.25, -0.2) is 0 Å². The molecule has 1 N–H and O–H groups in total. The monoisotopic (exact) mass is 266 g/mol. The van der Waals surface area contributed by atoms with E-state index in [1.807, 2.05) is 0 Å². The van der Waals surface area contributed by atoms with Gasteiger partial charge in [0.15, 0.2) is 0 Å². The Hall–Kier alpha value is -0.570. The average molecular weight is 266 g/mol. The average Bonchev–Trinajstić information content (AvgIpc) is 2.41. The maximum atomic E-state index is 12.6. The molecule has 0 bridgehead atoms. The van der Waals surface area contributed by atoms with Crippen LogP contribution in [0.2, 0.25) is 0 Å². The molecule has 110 valence electrons. The minimum Gasteiger partial charge on any atom is -0.338 e. The molecule has 2 aliphatic rings. The quantitative estimate of drug-likeness (QED) is 0.848. The second-order valence-corrected chi connectivity index (χ2v) is 6.54. The lowest BCUT2D eigenvalue weighted by atomic mass is 9.76. The highest BCUT2D eigenvalue weighted by atomic mass is 16.2. The first-order valence-electron chi connectivity index (χ1n) is 8.19. The van der Waals surface area contributed by atoms with E-state index in [2.05, 4.69) is 31.0 Å². The summed E-state index contributed by atoms with van der Waals surface area (Å²) in [4.78, 5) is 14.9. The van der Waals surface area contributed by atoms with Gasteiger partial charge in [-0.2, -0.15) is 0 Å². The Balaban J connectivity index is 2.07. The summed E-state index contributed by atoms with van der Waals surface area (Å²) in [5.74, 6) is 1.77. The van der Waals surface area contributed by atoms with E-state index in [1.54, 1.807) is 0 Å². The molecule has 0 spiro atoms.